The van der Waals surface area contributed by atoms with Crippen LogP contribution in [0.5, 0.6) is 11.5 Å². The lowest BCUT2D eigenvalue weighted by atomic mass is 10.0. The van der Waals surface area contributed by atoms with Gasteiger partial charge in [0.15, 0.2) is 0 Å². The Labute approximate surface area is 140 Å². The van der Waals surface area contributed by atoms with Crippen LogP contribution in [0.3, 0.4) is 0 Å². The molecule has 1 saturated heterocycles. The Morgan fingerprint density at radius 2 is 1.88 bits per heavy atom. The van der Waals surface area contributed by atoms with Crippen LogP contribution in [0, 0.1) is 0 Å². The number of piperidine rings is 1. The van der Waals surface area contributed by atoms with Crippen molar-refractivity contribution in [2.24, 2.45) is 0 Å². The van der Waals surface area contributed by atoms with Crippen molar-refractivity contribution >= 4 is 0 Å². The number of hydrogen-bond donors (Lipinski definition) is 1. The Balaban J connectivity index is 1.91. The van der Waals surface area contributed by atoms with Crippen molar-refractivity contribution in [3.05, 3.63) is 23.8 Å². The lowest BCUT2D eigenvalue weighted by Crippen LogP contribution is -2.46. The van der Waals surface area contributed by atoms with Gasteiger partial charge in [-0.3, -0.25) is 4.90 Å². The minimum absolute atomic E-state index is 0.0463. The third kappa shape index (κ3) is 5.27. The number of nitrogens with zero attached hydrogens (tertiary/aromatic N) is 1. The molecule has 0 aromatic heterocycles. The molecule has 1 aromatic rings. The fourth-order valence-corrected chi connectivity index (χ4v) is 3.13. The molecule has 1 N–H and O–H groups in total. The highest BCUT2D eigenvalue weighted by atomic mass is 19.4. The molecule has 1 unspecified atom stereocenters. The molecule has 1 aliphatic rings. The fourth-order valence-electron chi connectivity index (χ4n) is 3.13. The van der Waals surface area contributed by atoms with Crippen LogP contribution in [0.15, 0.2) is 18.2 Å². The van der Waals surface area contributed by atoms with Crippen LogP contribution in [0.4, 0.5) is 13.2 Å². The van der Waals surface area contributed by atoms with E-state index in [2.05, 4.69) is 5.32 Å². The topological polar surface area (TPSA) is 33.7 Å². The number of likely N-dealkylation sites (tertiary alicyclic amines) is 1. The largest absolute Gasteiger partial charge is 0.497 e. The van der Waals surface area contributed by atoms with Crippen LogP contribution >= 0.6 is 0 Å². The summed E-state index contributed by atoms with van der Waals surface area (Å²) < 4.78 is 47.9. The van der Waals surface area contributed by atoms with Crippen molar-refractivity contribution in [3.8, 4) is 11.5 Å². The van der Waals surface area contributed by atoms with E-state index < -0.39 is 12.7 Å². The fraction of sp³-hybridized carbons (Fsp3) is 0.647. The maximum absolute atomic E-state index is 12.4. The van der Waals surface area contributed by atoms with E-state index in [9.17, 15) is 13.2 Å². The average Bonchev–Trinajstić information content (AvgIpc) is 2.54. The summed E-state index contributed by atoms with van der Waals surface area (Å²) in [7, 11) is 3.21. The van der Waals surface area contributed by atoms with Gasteiger partial charge in [-0.05, 0) is 38.9 Å². The Morgan fingerprint density at radius 3 is 2.42 bits per heavy atom. The molecule has 4 nitrogen and oxygen atoms in total. The molecule has 0 radical (unpaired) electrons. The van der Waals surface area contributed by atoms with Gasteiger partial charge in [-0.1, -0.05) is 6.07 Å². The summed E-state index contributed by atoms with van der Waals surface area (Å²) in [5, 5.41) is 3.50. The molecular weight excluding hydrogens is 321 g/mol. The number of alkyl halides is 3. The first-order valence-electron chi connectivity index (χ1n) is 8.09. The molecule has 1 aromatic carbocycles. The zero-order valence-electron chi connectivity index (χ0n) is 14.3. The number of halogens is 3. The van der Waals surface area contributed by atoms with Gasteiger partial charge in [0.05, 0.1) is 20.8 Å². The SMILES string of the molecule is COc1ccc(C(C)NC2CCN(CC(F)(F)F)CC2)c(OC)c1. The predicted molar refractivity (Wildman–Crippen MR) is 86.6 cm³/mol. The lowest BCUT2D eigenvalue weighted by molar-refractivity contribution is -0.148. The molecule has 1 heterocycles. The van der Waals surface area contributed by atoms with Crippen molar-refractivity contribution < 1.29 is 22.6 Å². The Bertz CT molecular complexity index is 529. The molecule has 0 amide bonds. The van der Waals surface area contributed by atoms with Crippen LogP contribution in [0.2, 0.25) is 0 Å². The number of rotatable bonds is 6. The van der Waals surface area contributed by atoms with Crippen LogP contribution in [0.1, 0.15) is 31.4 Å². The second kappa shape index (κ2) is 8.07. The van der Waals surface area contributed by atoms with Crippen molar-refractivity contribution in [2.75, 3.05) is 33.9 Å². The number of ether oxygens (including phenoxy) is 2. The highest BCUT2D eigenvalue weighted by Crippen LogP contribution is 2.30. The summed E-state index contributed by atoms with van der Waals surface area (Å²) in [6.07, 6.45) is -2.71. The summed E-state index contributed by atoms with van der Waals surface area (Å²) in [5.74, 6) is 1.46. The minimum atomic E-state index is -4.12. The maximum Gasteiger partial charge on any atom is 0.401 e. The third-order valence-electron chi connectivity index (χ3n) is 4.38. The van der Waals surface area contributed by atoms with Crippen molar-refractivity contribution in [3.63, 3.8) is 0 Å². The lowest BCUT2D eigenvalue weighted by Gasteiger charge is -2.34. The number of nitrogens with one attached hydrogen (secondary N) is 1. The van der Waals surface area contributed by atoms with E-state index in [1.54, 1.807) is 14.2 Å². The van der Waals surface area contributed by atoms with Gasteiger partial charge in [0.2, 0.25) is 0 Å². The van der Waals surface area contributed by atoms with Gasteiger partial charge in [0, 0.05) is 23.7 Å². The number of hydrogen-bond acceptors (Lipinski definition) is 4. The molecule has 24 heavy (non-hydrogen) atoms. The van der Waals surface area contributed by atoms with E-state index in [-0.39, 0.29) is 12.1 Å². The molecule has 136 valence electrons. The number of methoxy groups -OCH3 is 2. The zero-order valence-corrected chi connectivity index (χ0v) is 14.3. The Hall–Kier alpha value is -1.47. The molecule has 0 spiro atoms. The second-order valence-corrected chi connectivity index (χ2v) is 6.16. The van der Waals surface area contributed by atoms with Crippen molar-refractivity contribution in [2.45, 2.75) is 38.0 Å². The first-order valence-corrected chi connectivity index (χ1v) is 8.09. The monoisotopic (exact) mass is 346 g/mol. The van der Waals surface area contributed by atoms with E-state index in [0.29, 0.717) is 25.9 Å². The van der Waals surface area contributed by atoms with Crippen LogP contribution in [-0.2, 0) is 0 Å². The van der Waals surface area contributed by atoms with Crippen LogP contribution < -0.4 is 14.8 Å². The number of benzene rings is 1. The average molecular weight is 346 g/mol. The molecule has 1 atom stereocenters. The molecule has 1 fully saturated rings. The highest BCUT2D eigenvalue weighted by molar-refractivity contribution is 5.42. The van der Waals surface area contributed by atoms with Gasteiger partial charge in [-0.15, -0.1) is 0 Å². The van der Waals surface area contributed by atoms with Gasteiger partial charge in [0.1, 0.15) is 11.5 Å². The van der Waals surface area contributed by atoms with Crippen LogP contribution in [0.25, 0.3) is 0 Å². The van der Waals surface area contributed by atoms with E-state index in [1.165, 1.54) is 4.90 Å². The molecule has 1 aliphatic heterocycles. The Morgan fingerprint density at radius 1 is 1.21 bits per heavy atom. The van der Waals surface area contributed by atoms with Crippen LogP contribution in [-0.4, -0.2) is 51.0 Å². The summed E-state index contributed by atoms with van der Waals surface area (Å²) in [5.41, 5.74) is 1.01. The van der Waals surface area contributed by atoms with Crippen molar-refractivity contribution in [1.82, 2.24) is 10.2 Å². The predicted octanol–water partition coefficient (Wildman–Crippen LogP) is 3.38. The molecule has 2 rings (SSSR count). The molecule has 0 aliphatic carbocycles. The normalized spacial score (nSPS) is 18.4. The summed E-state index contributed by atoms with van der Waals surface area (Å²) in [4.78, 5) is 1.47. The highest BCUT2D eigenvalue weighted by Gasteiger charge is 2.32. The van der Waals surface area contributed by atoms with Gasteiger partial charge in [-0.2, -0.15) is 13.2 Å². The quantitative estimate of drug-likeness (QED) is 0.856. The van der Waals surface area contributed by atoms with E-state index in [0.717, 1.165) is 17.1 Å². The van der Waals surface area contributed by atoms with Gasteiger partial charge in [0.25, 0.3) is 0 Å². The van der Waals surface area contributed by atoms with Gasteiger partial charge >= 0.3 is 6.18 Å². The Kier molecular flexibility index (Phi) is 6.34. The van der Waals surface area contributed by atoms with E-state index >= 15 is 0 Å². The maximum atomic E-state index is 12.4. The summed E-state index contributed by atoms with van der Waals surface area (Å²) in [6, 6.07) is 5.91. The summed E-state index contributed by atoms with van der Waals surface area (Å²) in [6.45, 7) is 2.14. The first kappa shape index (κ1) is 18.9. The van der Waals surface area contributed by atoms with E-state index in [1.807, 2.05) is 25.1 Å². The molecule has 0 bridgehead atoms. The standard InChI is InChI=1S/C17H25F3N2O2/c1-12(15-5-4-14(23-2)10-16(15)24-3)21-13-6-8-22(9-7-13)11-17(18,19)20/h4-5,10,12-13,21H,6-9,11H2,1-3H3. The minimum Gasteiger partial charge on any atom is -0.497 e. The smallest absolute Gasteiger partial charge is 0.401 e. The van der Waals surface area contributed by atoms with E-state index in [4.69, 9.17) is 9.47 Å². The zero-order chi connectivity index (χ0) is 17.7. The third-order valence-corrected chi connectivity index (χ3v) is 4.38. The van der Waals surface area contributed by atoms with Gasteiger partial charge in [-0.25, -0.2) is 0 Å². The summed E-state index contributed by atoms with van der Waals surface area (Å²) >= 11 is 0. The molecule has 0 saturated carbocycles. The van der Waals surface area contributed by atoms with Gasteiger partial charge < -0.3 is 14.8 Å². The first-order chi connectivity index (χ1) is 11.3. The van der Waals surface area contributed by atoms with Crippen molar-refractivity contribution in [1.29, 1.82) is 0 Å². The molecular formula is C17H25F3N2O2. The second-order valence-electron chi connectivity index (χ2n) is 6.16. The molecule has 7 heteroatoms.